The number of hydrogen-bond acceptors (Lipinski definition) is 4. The van der Waals surface area contributed by atoms with Crippen molar-refractivity contribution < 1.29 is 19.4 Å². The van der Waals surface area contributed by atoms with Crippen LogP contribution in [0, 0.1) is 0 Å². The van der Waals surface area contributed by atoms with Crippen molar-refractivity contribution in [3.05, 3.63) is 77.4 Å². The number of benzene rings is 2. The lowest BCUT2D eigenvalue weighted by molar-refractivity contribution is -0.139. The van der Waals surface area contributed by atoms with Crippen LogP contribution in [0.15, 0.2) is 54.7 Å². The van der Waals surface area contributed by atoms with Crippen molar-refractivity contribution in [2.75, 3.05) is 6.61 Å². The number of alkyl carbamates (subject to hydrolysis) is 1. The minimum absolute atomic E-state index is 0.00870. The Bertz CT molecular complexity index is 1110. The van der Waals surface area contributed by atoms with E-state index in [1.54, 1.807) is 0 Å². The largest absolute Gasteiger partial charge is 0.481 e. The van der Waals surface area contributed by atoms with Gasteiger partial charge in [0.05, 0.1) is 12.2 Å². The van der Waals surface area contributed by atoms with E-state index in [1.807, 2.05) is 35.0 Å². The standard InChI is InChI=1S/C24H23N3O4/c28-23(29)20-10-5-11-27-13-15(26-22(20)27)12-25-24(30)31-14-21-18-8-3-1-6-16(18)17-7-2-4-9-19(17)21/h1-4,6-9,13,20-21H,5,10-12,14H2,(H,25,30)(H,28,29). The summed E-state index contributed by atoms with van der Waals surface area (Å²) in [6.07, 6.45) is 2.70. The zero-order valence-corrected chi connectivity index (χ0v) is 17.0. The first-order valence-corrected chi connectivity index (χ1v) is 10.5. The third-order valence-electron chi connectivity index (χ3n) is 6.12. The molecule has 1 aliphatic heterocycles. The van der Waals surface area contributed by atoms with Gasteiger partial charge in [0.2, 0.25) is 0 Å². The molecule has 158 valence electrons. The van der Waals surface area contributed by atoms with Crippen LogP contribution in [0.3, 0.4) is 0 Å². The van der Waals surface area contributed by atoms with Crippen molar-refractivity contribution in [1.29, 1.82) is 0 Å². The molecular weight excluding hydrogens is 394 g/mol. The monoisotopic (exact) mass is 417 g/mol. The summed E-state index contributed by atoms with van der Waals surface area (Å²) < 4.78 is 7.42. The smallest absolute Gasteiger partial charge is 0.407 e. The number of nitrogens with one attached hydrogen (secondary N) is 1. The fourth-order valence-electron chi connectivity index (χ4n) is 4.67. The van der Waals surface area contributed by atoms with E-state index in [1.165, 1.54) is 11.1 Å². The van der Waals surface area contributed by atoms with Crippen LogP contribution in [0.25, 0.3) is 11.1 Å². The fraction of sp³-hybridized carbons (Fsp3) is 0.292. The predicted octanol–water partition coefficient (Wildman–Crippen LogP) is 3.88. The van der Waals surface area contributed by atoms with Gasteiger partial charge < -0.3 is 19.7 Å². The van der Waals surface area contributed by atoms with Crippen molar-refractivity contribution in [3.63, 3.8) is 0 Å². The van der Waals surface area contributed by atoms with Crippen molar-refractivity contribution in [2.45, 2.75) is 37.8 Å². The van der Waals surface area contributed by atoms with Crippen molar-refractivity contribution in [1.82, 2.24) is 14.9 Å². The molecule has 0 saturated carbocycles. The summed E-state index contributed by atoms with van der Waals surface area (Å²) in [6, 6.07) is 16.4. The van der Waals surface area contributed by atoms with E-state index >= 15 is 0 Å². The van der Waals surface area contributed by atoms with Crippen LogP contribution in [0.1, 0.15) is 47.3 Å². The molecule has 1 aromatic heterocycles. The van der Waals surface area contributed by atoms with Crippen LogP contribution in [0.5, 0.6) is 0 Å². The maximum absolute atomic E-state index is 12.4. The second kappa shape index (κ2) is 7.91. The lowest BCUT2D eigenvalue weighted by Crippen LogP contribution is -2.25. The average molecular weight is 417 g/mol. The number of aliphatic carboxylic acids is 1. The molecule has 0 spiro atoms. The lowest BCUT2D eigenvalue weighted by Gasteiger charge is -2.19. The Morgan fingerprint density at radius 2 is 1.77 bits per heavy atom. The summed E-state index contributed by atoms with van der Waals surface area (Å²) in [4.78, 5) is 28.2. The quantitative estimate of drug-likeness (QED) is 0.657. The first-order chi connectivity index (χ1) is 15.1. The number of amides is 1. The molecule has 31 heavy (non-hydrogen) atoms. The highest BCUT2D eigenvalue weighted by molar-refractivity contribution is 5.79. The topological polar surface area (TPSA) is 93.5 Å². The third kappa shape index (κ3) is 3.56. The molecule has 1 unspecified atom stereocenters. The number of nitrogens with zero attached hydrogens (tertiary/aromatic N) is 2. The van der Waals surface area contributed by atoms with E-state index in [4.69, 9.17) is 4.74 Å². The third-order valence-corrected chi connectivity index (χ3v) is 6.12. The first kappa shape index (κ1) is 19.4. The van der Waals surface area contributed by atoms with E-state index in [0.29, 0.717) is 17.9 Å². The van der Waals surface area contributed by atoms with Crippen LogP contribution < -0.4 is 5.32 Å². The van der Waals surface area contributed by atoms with E-state index in [9.17, 15) is 14.7 Å². The van der Waals surface area contributed by atoms with Crippen LogP contribution in [-0.4, -0.2) is 33.3 Å². The Hall–Kier alpha value is -3.61. The molecule has 1 aliphatic carbocycles. The molecular formula is C24H23N3O4. The fourth-order valence-corrected chi connectivity index (χ4v) is 4.67. The molecule has 2 aromatic carbocycles. The molecule has 1 amide bonds. The molecule has 0 radical (unpaired) electrons. The Labute approximate surface area is 179 Å². The van der Waals surface area contributed by atoms with Gasteiger partial charge in [-0.2, -0.15) is 0 Å². The van der Waals surface area contributed by atoms with Crippen LogP contribution in [0.2, 0.25) is 0 Å². The highest BCUT2D eigenvalue weighted by Crippen LogP contribution is 2.44. The number of aryl methyl sites for hydroxylation is 1. The molecule has 0 bridgehead atoms. The summed E-state index contributed by atoms with van der Waals surface area (Å²) in [5.74, 6) is -0.878. The van der Waals surface area contributed by atoms with Crippen LogP contribution in [0.4, 0.5) is 4.79 Å². The van der Waals surface area contributed by atoms with Gasteiger partial charge in [0.15, 0.2) is 0 Å². The molecule has 1 atom stereocenters. The van der Waals surface area contributed by atoms with E-state index in [0.717, 1.165) is 24.1 Å². The Balaban J connectivity index is 1.22. The number of carbonyl (C=O) groups excluding carboxylic acids is 1. The van der Waals surface area contributed by atoms with Gasteiger partial charge in [0.25, 0.3) is 0 Å². The van der Waals surface area contributed by atoms with Crippen molar-refractivity contribution in [2.24, 2.45) is 0 Å². The van der Waals surface area contributed by atoms with Crippen molar-refractivity contribution in [3.8, 4) is 11.1 Å². The molecule has 2 heterocycles. The molecule has 2 aliphatic rings. The van der Waals surface area contributed by atoms with E-state index in [2.05, 4.69) is 34.6 Å². The van der Waals surface area contributed by atoms with Gasteiger partial charge in [-0.3, -0.25) is 4.79 Å². The maximum Gasteiger partial charge on any atom is 0.407 e. The van der Waals surface area contributed by atoms with Crippen LogP contribution >= 0.6 is 0 Å². The molecule has 7 nitrogen and oxygen atoms in total. The highest BCUT2D eigenvalue weighted by Gasteiger charge is 2.30. The van der Waals surface area contributed by atoms with Crippen LogP contribution in [-0.2, 0) is 22.6 Å². The number of carboxylic acid groups (broad SMARTS) is 1. The number of rotatable bonds is 5. The van der Waals surface area contributed by atoms with E-state index < -0.39 is 18.0 Å². The average Bonchev–Trinajstić information content (AvgIpc) is 3.35. The molecule has 0 fully saturated rings. The zero-order chi connectivity index (χ0) is 21.4. The highest BCUT2D eigenvalue weighted by atomic mass is 16.5. The molecule has 5 rings (SSSR count). The number of aromatic nitrogens is 2. The number of ether oxygens (including phenoxy) is 1. The normalized spacial score (nSPS) is 16.8. The summed E-state index contributed by atoms with van der Waals surface area (Å²) in [7, 11) is 0. The van der Waals surface area contributed by atoms with Gasteiger partial charge >= 0.3 is 12.1 Å². The van der Waals surface area contributed by atoms with Gasteiger partial charge in [-0.05, 0) is 35.1 Å². The lowest BCUT2D eigenvalue weighted by atomic mass is 9.98. The van der Waals surface area contributed by atoms with E-state index in [-0.39, 0.29) is 19.1 Å². The number of carboxylic acids is 1. The van der Waals surface area contributed by atoms with Gasteiger partial charge in [-0.25, -0.2) is 9.78 Å². The van der Waals surface area contributed by atoms with Crippen molar-refractivity contribution >= 4 is 12.1 Å². The molecule has 0 saturated heterocycles. The minimum atomic E-state index is -0.859. The maximum atomic E-state index is 12.4. The van der Waals surface area contributed by atoms with Gasteiger partial charge in [0, 0.05) is 18.7 Å². The Kier molecular flexibility index (Phi) is 4.94. The molecule has 2 N–H and O–H groups in total. The second-order valence-electron chi connectivity index (χ2n) is 8.00. The second-order valence-corrected chi connectivity index (χ2v) is 8.00. The number of fused-ring (bicyclic) bond motifs is 4. The molecule has 3 aromatic rings. The number of hydrogen-bond donors (Lipinski definition) is 2. The number of imidazole rings is 1. The van der Waals surface area contributed by atoms with Gasteiger partial charge in [-0.15, -0.1) is 0 Å². The SMILES string of the molecule is O=C(NCc1cn2c(n1)C(C(=O)O)CCC2)OCC1c2ccccc2-c2ccccc21. The predicted molar refractivity (Wildman–Crippen MR) is 114 cm³/mol. The number of carbonyl (C=O) groups is 2. The summed E-state index contributed by atoms with van der Waals surface area (Å²) >= 11 is 0. The summed E-state index contributed by atoms with van der Waals surface area (Å²) in [6.45, 7) is 1.20. The molecule has 7 heteroatoms. The van der Waals surface area contributed by atoms with Gasteiger partial charge in [-0.1, -0.05) is 48.5 Å². The summed E-state index contributed by atoms with van der Waals surface area (Å²) in [5.41, 5.74) is 5.33. The summed E-state index contributed by atoms with van der Waals surface area (Å²) in [5, 5.41) is 12.1. The zero-order valence-electron chi connectivity index (χ0n) is 17.0. The Morgan fingerprint density at radius 1 is 1.10 bits per heavy atom. The minimum Gasteiger partial charge on any atom is -0.481 e. The van der Waals surface area contributed by atoms with Gasteiger partial charge in [0.1, 0.15) is 18.3 Å². The Morgan fingerprint density at radius 3 is 2.45 bits per heavy atom. The first-order valence-electron chi connectivity index (χ1n) is 10.5.